The summed E-state index contributed by atoms with van der Waals surface area (Å²) in [5.74, 6) is -1.06. The van der Waals surface area contributed by atoms with Crippen molar-refractivity contribution in [3.8, 4) is 16.9 Å². The number of nitrogens with one attached hydrogen (secondary N) is 3. The van der Waals surface area contributed by atoms with Crippen LogP contribution >= 0.6 is 11.3 Å². The molecule has 0 radical (unpaired) electrons. The summed E-state index contributed by atoms with van der Waals surface area (Å²) in [4.78, 5) is 23.6. The van der Waals surface area contributed by atoms with E-state index in [1.807, 2.05) is 0 Å². The number of aliphatic carboxylic acids is 1. The van der Waals surface area contributed by atoms with Crippen molar-refractivity contribution >= 4 is 44.2 Å². The highest BCUT2D eigenvalue weighted by atomic mass is 32.2. The molecule has 0 fully saturated rings. The van der Waals surface area contributed by atoms with E-state index < -0.39 is 34.5 Å². The topological polar surface area (TPSA) is 160 Å². The highest BCUT2D eigenvalue weighted by molar-refractivity contribution is 7.89. The number of urea groups is 1. The molecule has 13 heteroatoms. The lowest BCUT2D eigenvalue weighted by atomic mass is 10.0. The van der Waals surface area contributed by atoms with Gasteiger partial charge in [-0.2, -0.15) is 0 Å². The zero-order chi connectivity index (χ0) is 27.1. The zero-order valence-corrected chi connectivity index (χ0v) is 21.6. The fourth-order valence-electron chi connectivity index (χ4n) is 3.67. The Kier molecular flexibility index (Phi) is 8.31. The van der Waals surface area contributed by atoms with Gasteiger partial charge in [-0.15, -0.1) is 10.2 Å². The Hall–Kier alpha value is -4.33. The van der Waals surface area contributed by atoms with E-state index >= 15 is 0 Å². The third-order valence-electron chi connectivity index (χ3n) is 5.37. The smallest absolute Gasteiger partial charge is 0.325 e. The van der Waals surface area contributed by atoms with Crippen LogP contribution in [0.2, 0.25) is 0 Å². The average molecular weight is 554 g/mol. The van der Waals surface area contributed by atoms with Crippen molar-refractivity contribution in [3.63, 3.8) is 0 Å². The van der Waals surface area contributed by atoms with Crippen molar-refractivity contribution in [2.45, 2.75) is 17.4 Å². The van der Waals surface area contributed by atoms with Crippen LogP contribution in [0.5, 0.6) is 5.75 Å². The Morgan fingerprint density at radius 2 is 1.76 bits per heavy atom. The number of carboxylic acid groups (broad SMARTS) is 1. The quantitative estimate of drug-likeness (QED) is 0.225. The summed E-state index contributed by atoms with van der Waals surface area (Å²) in [5.41, 5.74) is 3.63. The van der Waals surface area contributed by atoms with E-state index in [9.17, 15) is 23.1 Å². The molecule has 1 unspecified atom stereocenters. The highest BCUT2D eigenvalue weighted by Gasteiger charge is 2.27. The molecule has 2 amide bonds. The number of aromatic nitrogens is 2. The van der Waals surface area contributed by atoms with Gasteiger partial charge in [0.25, 0.3) is 0 Å². The minimum atomic E-state index is -4.21. The van der Waals surface area contributed by atoms with Crippen LogP contribution in [-0.4, -0.2) is 42.8 Å². The van der Waals surface area contributed by atoms with E-state index in [0.717, 1.165) is 0 Å². The van der Waals surface area contributed by atoms with Gasteiger partial charge >= 0.3 is 12.0 Å². The van der Waals surface area contributed by atoms with Crippen LogP contribution in [0.3, 0.4) is 0 Å². The van der Waals surface area contributed by atoms with Gasteiger partial charge in [0, 0.05) is 5.69 Å². The Balaban J connectivity index is 1.62. The molecular formula is C25H23N5O6S2. The Morgan fingerprint density at radius 1 is 1.00 bits per heavy atom. The number of nitrogens with zero attached hydrogens (tertiary/aromatic N) is 2. The van der Waals surface area contributed by atoms with Gasteiger partial charge in [-0.1, -0.05) is 59.9 Å². The molecule has 1 heterocycles. The third kappa shape index (κ3) is 6.70. The molecule has 0 saturated heterocycles. The molecule has 1 aromatic heterocycles. The van der Waals surface area contributed by atoms with E-state index in [4.69, 9.17) is 4.74 Å². The molecule has 0 aliphatic heterocycles. The van der Waals surface area contributed by atoms with Gasteiger partial charge in [-0.25, -0.2) is 17.9 Å². The second-order valence-electron chi connectivity index (χ2n) is 7.95. The predicted molar refractivity (Wildman–Crippen MR) is 143 cm³/mol. The first-order valence-corrected chi connectivity index (χ1v) is 13.5. The summed E-state index contributed by atoms with van der Waals surface area (Å²) in [6, 6.07) is 18.4. The SMILES string of the molecule is COc1ccc(-c2cccc(NC(=O)Nc3nncs3)c2)cc1S(=O)(=O)NC(CC(=O)O)c1ccccc1. The number of rotatable bonds is 10. The molecule has 0 aliphatic carbocycles. The van der Waals surface area contributed by atoms with Gasteiger partial charge in [0.15, 0.2) is 0 Å². The molecule has 0 spiro atoms. The van der Waals surface area contributed by atoms with E-state index in [1.165, 1.54) is 36.1 Å². The first-order valence-electron chi connectivity index (χ1n) is 11.2. The van der Waals surface area contributed by atoms with Crippen molar-refractivity contribution in [2.75, 3.05) is 17.7 Å². The van der Waals surface area contributed by atoms with Crippen LogP contribution in [0.25, 0.3) is 11.1 Å². The number of amides is 2. The number of carbonyl (C=O) groups excluding carboxylic acids is 1. The van der Waals surface area contributed by atoms with Crippen molar-refractivity contribution in [2.24, 2.45) is 0 Å². The zero-order valence-electron chi connectivity index (χ0n) is 20.0. The number of anilines is 2. The normalized spacial score (nSPS) is 11.9. The molecule has 11 nitrogen and oxygen atoms in total. The number of benzene rings is 3. The molecule has 3 aromatic carbocycles. The summed E-state index contributed by atoms with van der Waals surface area (Å²) >= 11 is 1.17. The maximum Gasteiger partial charge on any atom is 0.325 e. The largest absolute Gasteiger partial charge is 0.495 e. The molecule has 0 bridgehead atoms. The van der Waals surface area contributed by atoms with Crippen molar-refractivity contribution in [3.05, 3.63) is 83.9 Å². The minimum Gasteiger partial charge on any atom is -0.495 e. The second kappa shape index (κ2) is 11.8. The van der Waals surface area contributed by atoms with Crippen molar-refractivity contribution in [1.29, 1.82) is 0 Å². The number of hydrogen-bond donors (Lipinski definition) is 4. The lowest BCUT2D eigenvalue weighted by molar-refractivity contribution is -0.137. The van der Waals surface area contributed by atoms with Gasteiger partial charge in [0.1, 0.15) is 16.2 Å². The van der Waals surface area contributed by atoms with Crippen LogP contribution in [0, 0.1) is 0 Å². The molecule has 1 atom stereocenters. The molecular weight excluding hydrogens is 530 g/mol. The fraction of sp³-hybridized carbons (Fsp3) is 0.120. The molecule has 38 heavy (non-hydrogen) atoms. The monoisotopic (exact) mass is 553 g/mol. The van der Waals surface area contributed by atoms with E-state index in [2.05, 4.69) is 25.6 Å². The van der Waals surface area contributed by atoms with Crippen LogP contribution < -0.4 is 20.1 Å². The fourth-order valence-corrected chi connectivity index (χ4v) is 5.53. The number of hydrogen-bond acceptors (Lipinski definition) is 8. The molecule has 0 aliphatic rings. The maximum atomic E-state index is 13.5. The first-order chi connectivity index (χ1) is 18.2. The number of ether oxygens (including phenoxy) is 1. The van der Waals surface area contributed by atoms with Crippen LogP contribution in [-0.2, 0) is 14.8 Å². The first kappa shape index (κ1) is 26.7. The van der Waals surface area contributed by atoms with Gasteiger partial charge in [-0.3, -0.25) is 10.1 Å². The standard InChI is InChI=1S/C25H23N5O6S2/c1-36-21-11-10-18(17-8-5-9-19(12-17)27-24(33)28-25-29-26-15-37-25)13-22(21)38(34,35)30-20(14-23(31)32)16-6-3-2-4-7-16/h2-13,15,20,30H,14H2,1H3,(H,31,32)(H2,27,28,29,33). The highest BCUT2D eigenvalue weighted by Crippen LogP contribution is 2.32. The summed E-state index contributed by atoms with van der Waals surface area (Å²) in [6.07, 6.45) is -0.446. The predicted octanol–water partition coefficient (Wildman–Crippen LogP) is 4.35. The van der Waals surface area contributed by atoms with Crippen LogP contribution in [0.1, 0.15) is 18.0 Å². The summed E-state index contributed by atoms with van der Waals surface area (Å²) in [6.45, 7) is 0. The molecule has 0 saturated carbocycles. The van der Waals surface area contributed by atoms with Crippen molar-refractivity contribution < 1.29 is 27.9 Å². The lowest BCUT2D eigenvalue weighted by Gasteiger charge is -2.19. The number of sulfonamides is 1. The van der Waals surface area contributed by atoms with Gasteiger partial charge in [0.05, 0.1) is 19.6 Å². The molecule has 4 aromatic rings. The van der Waals surface area contributed by atoms with Gasteiger partial charge in [-0.05, 0) is 41.0 Å². The number of carbonyl (C=O) groups is 2. The molecule has 4 rings (SSSR count). The lowest BCUT2D eigenvalue weighted by Crippen LogP contribution is -2.30. The van der Waals surface area contributed by atoms with E-state index in [-0.39, 0.29) is 10.6 Å². The third-order valence-corrected chi connectivity index (χ3v) is 7.47. The minimum absolute atomic E-state index is 0.0918. The summed E-state index contributed by atoms with van der Waals surface area (Å²) in [5, 5.41) is 22.4. The Morgan fingerprint density at radius 3 is 2.45 bits per heavy atom. The summed E-state index contributed by atoms with van der Waals surface area (Å²) < 4.78 is 34.7. The van der Waals surface area contributed by atoms with E-state index in [1.54, 1.807) is 60.7 Å². The van der Waals surface area contributed by atoms with Crippen molar-refractivity contribution in [1.82, 2.24) is 14.9 Å². The van der Waals surface area contributed by atoms with Crippen LogP contribution in [0.4, 0.5) is 15.6 Å². The Labute approximate surface area is 222 Å². The average Bonchev–Trinajstić information content (AvgIpc) is 3.41. The number of carboxylic acids is 1. The molecule has 4 N–H and O–H groups in total. The Bertz CT molecular complexity index is 1530. The van der Waals surface area contributed by atoms with E-state index in [0.29, 0.717) is 27.5 Å². The van der Waals surface area contributed by atoms with Gasteiger partial charge < -0.3 is 15.2 Å². The van der Waals surface area contributed by atoms with Gasteiger partial charge in [0.2, 0.25) is 15.2 Å². The number of methoxy groups -OCH3 is 1. The second-order valence-corrected chi connectivity index (χ2v) is 10.5. The maximum absolute atomic E-state index is 13.5. The van der Waals surface area contributed by atoms with Crippen LogP contribution in [0.15, 0.2) is 83.2 Å². The summed E-state index contributed by atoms with van der Waals surface area (Å²) in [7, 11) is -2.87. The molecule has 196 valence electrons.